The number of nitrogens with zero attached hydrogens (tertiary/aromatic N) is 1. The number of amides is 1. The second-order valence-electron chi connectivity index (χ2n) is 4.87. The maximum absolute atomic E-state index is 12.5. The molecule has 0 aromatic heterocycles. The number of methoxy groups -OCH3 is 1. The van der Waals surface area contributed by atoms with E-state index in [1.165, 1.54) is 14.2 Å². The standard InChI is InChI=1S/C14H22N2O4S/c1-11-5-6-12(2)13(9-11)21(18,19)16(3)10-14(17)15-7-8-20-4/h5-6,9H,7-8,10H2,1-4H3,(H,15,17). The van der Waals surface area contributed by atoms with E-state index >= 15 is 0 Å². The summed E-state index contributed by atoms with van der Waals surface area (Å²) in [5, 5.41) is 2.59. The number of sulfonamides is 1. The number of hydrogen-bond acceptors (Lipinski definition) is 4. The van der Waals surface area contributed by atoms with Crippen molar-refractivity contribution in [2.45, 2.75) is 18.7 Å². The molecule has 0 spiro atoms. The monoisotopic (exact) mass is 314 g/mol. The van der Waals surface area contributed by atoms with Crippen LogP contribution in [0.25, 0.3) is 0 Å². The van der Waals surface area contributed by atoms with Crippen LogP contribution in [0.3, 0.4) is 0 Å². The van der Waals surface area contributed by atoms with Crippen molar-refractivity contribution >= 4 is 15.9 Å². The van der Waals surface area contributed by atoms with Crippen LogP contribution in [0.15, 0.2) is 23.1 Å². The van der Waals surface area contributed by atoms with Gasteiger partial charge < -0.3 is 10.1 Å². The van der Waals surface area contributed by atoms with Gasteiger partial charge in [-0.05, 0) is 31.0 Å². The first kappa shape index (κ1) is 17.6. The van der Waals surface area contributed by atoms with Crippen molar-refractivity contribution in [1.82, 2.24) is 9.62 Å². The van der Waals surface area contributed by atoms with E-state index in [1.807, 2.05) is 13.0 Å². The largest absolute Gasteiger partial charge is 0.383 e. The van der Waals surface area contributed by atoms with E-state index in [0.717, 1.165) is 9.87 Å². The molecule has 0 aliphatic rings. The van der Waals surface area contributed by atoms with Gasteiger partial charge in [0.1, 0.15) is 0 Å². The number of carbonyl (C=O) groups is 1. The van der Waals surface area contributed by atoms with Gasteiger partial charge in [0.2, 0.25) is 15.9 Å². The lowest BCUT2D eigenvalue weighted by Crippen LogP contribution is -2.39. The summed E-state index contributed by atoms with van der Waals surface area (Å²) < 4.78 is 30.9. The van der Waals surface area contributed by atoms with E-state index in [4.69, 9.17) is 4.74 Å². The zero-order valence-electron chi connectivity index (χ0n) is 12.8. The summed E-state index contributed by atoms with van der Waals surface area (Å²) in [6.45, 7) is 4.08. The third kappa shape index (κ3) is 4.80. The van der Waals surface area contributed by atoms with Gasteiger partial charge in [-0.25, -0.2) is 8.42 Å². The Morgan fingerprint density at radius 3 is 2.62 bits per heavy atom. The lowest BCUT2D eigenvalue weighted by molar-refractivity contribution is -0.121. The molecule has 1 aromatic carbocycles. The maximum Gasteiger partial charge on any atom is 0.243 e. The molecule has 0 aliphatic heterocycles. The smallest absolute Gasteiger partial charge is 0.243 e. The molecule has 0 saturated heterocycles. The molecule has 118 valence electrons. The number of hydrogen-bond donors (Lipinski definition) is 1. The van der Waals surface area contributed by atoms with Gasteiger partial charge in [-0.1, -0.05) is 12.1 Å². The lowest BCUT2D eigenvalue weighted by atomic mass is 10.2. The van der Waals surface area contributed by atoms with Gasteiger partial charge in [0.05, 0.1) is 18.0 Å². The van der Waals surface area contributed by atoms with Crippen molar-refractivity contribution in [3.63, 3.8) is 0 Å². The average molecular weight is 314 g/mol. The summed E-state index contributed by atoms with van der Waals surface area (Å²) in [4.78, 5) is 11.9. The minimum Gasteiger partial charge on any atom is -0.383 e. The topological polar surface area (TPSA) is 75.7 Å². The van der Waals surface area contributed by atoms with Crippen LogP contribution in [0.5, 0.6) is 0 Å². The van der Waals surface area contributed by atoms with Gasteiger partial charge in [-0.15, -0.1) is 0 Å². The van der Waals surface area contributed by atoms with E-state index in [1.54, 1.807) is 19.1 Å². The van der Waals surface area contributed by atoms with Gasteiger partial charge in [0.25, 0.3) is 0 Å². The molecule has 0 atom stereocenters. The first-order chi connectivity index (χ1) is 9.78. The van der Waals surface area contributed by atoms with Crippen molar-refractivity contribution in [1.29, 1.82) is 0 Å². The van der Waals surface area contributed by atoms with Crippen LogP contribution in [-0.4, -0.2) is 52.5 Å². The Morgan fingerprint density at radius 2 is 2.00 bits per heavy atom. The third-order valence-corrected chi connectivity index (χ3v) is 4.97. The molecule has 0 bridgehead atoms. The van der Waals surface area contributed by atoms with Crippen LogP contribution in [-0.2, 0) is 19.6 Å². The van der Waals surface area contributed by atoms with Crippen LogP contribution in [0.4, 0.5) is 0 Å². The molecule has 7 heteroatoms. The van der Waals surface area contributed by atoms with E-state index in [2.05, 4.69) is 5.32 Å². The number of likely N-dealkylation sites (N-methyl/N-ethyl adjacent to an activating group) is 1. The number of nitrogens with one attached hydrogen (secondary N) is 1. The summed E-state index contributed by atoms with van der Waals surface area (Å²) in [6.07, 6.45) is 0. The second-order valence-corrected chi connectivity index (χ2v) is 6.89. The van der Waals surface area contributed by atoms with Crippen molar-refractivity contribution in [2.24, 2.45) is 0 Å². The highest BCUT2D eigenvalue weighted by atomic mass is 32.2. The van der Waals surface area contributed by atoms with Gasteiger partial charge in [0, 0.05) is 20.7 Å². The van der Waals surface area contributed by atoms with Crippen LogP contribution in [0.1, 0.15) is 11.1 Å². The van der Waals surface area contributed by atoms with E-state index in [-0.39, 0.29) is 17.3 Å². The summed E-state index contributed by atoms with van der Waals surface area (Å²) in [5.41, 5.74) is 1.52. The van der Waals surface area contributed by atoms with E-state index in [0.29, 0.717) is 18.7 Å². The molecule has 0 radical (unpaired) electrons. The molecule has 0 unspecified atom stereocenters. The Bertz CT molecular complexity index is 599. The fraction of sp³-hybridized carbons (Fsp3) is 0.500. The molecule has 0 heterocycles. The van der Waals surface area contributed by atoms with Crippen LogP contribution in [0, 0.1) is 13.8 Å². The summed E-state index contributed by atoms with van der Waals surface area (Å²) >= 11 is 0. The summed E-state index contributed by atoms with van der Waals surface area (Å²) in [7, 11) is -0.750. The highest BCUT2D eigenvalue weighted by Gasteiger charge is 2.24. The Kier molecular flexibility index (Phi) is 6.32. The third-order valence-electron chi connectivity index (χ3n) is 3.03. The minimum absolute atomic E-state index is 0.223. The number of aryl methyl sites for hydroxylation is 2. The van der Waals surface area contributed by atoms with E-state index in [9.17, 15) is 13.2 Å². The maximum atomic E-state index is 12.5. The Morgan fingerprint density at radius 1 is 1.33 bits per heavy atom. The zero-order chi connectivity index (χ0) is 16.0. The van der Waals surface area contributed by atoms with Crippen LogP contribution in [0.2, 0.25) is 0 Å². The zero-order valence-corrected chi connectivity index (χ0v) is 13.7. The summed E-state index contributed by atoms with van der Waals surface area (Å²) in [6, 6.07) is 5.23. The van der Waals surface area contributed by atoms with Crippen molar-refractivity contribution in [3.8, 4) is 0 Å². The fourth-order valence-electron chi connectivity index (χ4n) is 1.79. The highest BCUT2D eigenvalue weighted by Crippen LogP contribution is 2.20. The van der Waals surface area contributed by atoms with Gasteiger partial charge in [-0.3, -0.25) is 4.79 Å². The molecule has 1 rings (SSSR count). The van der Waals surface area contributed by atoms with Gasteiger partial charge >= 0.3 is 0 Å². The van der Waals surface area contributed by atoms with Crippen LogP contribution < -0.4 is 5.32 Å². The summed E-state index contributed by atoms with van der Waals surface area (Å²) in [5.74, 6) is -0.358. The predicted molar refractivity (Wildman–Crippen MR) is 80.6 cm³/mol. The lowest BCUT2D eigenvalue weighted by Gasteiger charge is -2.18. The second kappa shape index (κ2) is 7.53. The highest BCUT2D eigenvalue weighted by molar-refractivity contribution is 7.89. The molecule has 1 amide bonds. The molecule has 0 aliphatic carbocycles. The van der Waals surface area contributed by atoms with Crippen LogP contribution >= 0.6 is 0 Å². The molecular formula is C14H22N2O4S. The molecule has 21 heavy (non-hydrogen) atoms. The Hall–Kier alpha value is -1.44. The molecule has 0 fully saturated rings. The quantitative estimate of drug-likeness (QED) is 0.751. The molecular weight excluding hydrogens is 292 g/mol. The average Bonchev–Trinajstić information content (AvgIpc) is 2.41. The molecule has 1 aromatic rings. The fourth-order valence-corrected chi connectivity index (χ4v) is 3.22. The SMILES string of the molecule is COCCNC(=O)CN(C)S(=O)(=O)c1cc(C)ccc1C. The number of benzene rings is 1. The van der Waals surface area contributed by atoms with Crippen molar-refractivity contribution in [2.75, 3.05) is 33.9 Å². The molecule has 1 N–H and O–H groups in total. The first-order valence-corrected chi connectivity index (χ1v) is 8.02. The molecule has 6 nitrogen and oxygen atoms in total. The Labute approximate surface area is 126 Å². The number of rotatable bonds is 7. The van der Waals surface area contributed by atoms with Crippen molar-refractivity contribution in [3.05, 3.63) is 29.3 Å². The number of ether oxygens (including phenoxy) is 1. The Balaban J connectivity index is 2.82. The van der Waals surface area contributed by atoms with Gasteiger partial charge in [0.15, 0.2) is 0 Å². The molecule has 0 saturated carbocycles. The van der Waals surface area contributed by atoms with Gasteiger partial charge in [-0.2, -0.15) is 4.31 Å². The predicted octanol–water partition coefficient (Wildman–Crippen LogP) is 0.687. The normalized spacial score (nSPS) is 11.7. The van der Waals surface area contributed by atoms with E-state index < -0.39 is 10.0 Å². The first-order valence-electron chi connectivity index (χ1n) is 6.58. The van der Waals surface area contributed by atoms with Crippen molar-refractivity contribution < 1.29 is 17.9 Å². The number of carbonyl (C=O) groups excluding carboxylic acids is 1. The minimum atomic E-state index is -3.68.